The Morgan fingerprint density at radius 2 is 1.94 bits per heavy atom. The van der Waals surface area contributed by atoms with Gasteiger partial charge in [-0.2, -0.15) is 13.2 Å². The summed E-state index contributed by atoms with van der Waals surface area (Å²) in [7, 11) is 0. The monoisotopic (exact) mass is 486 g/mol. The second kappa shape index (κ2) is 7.40. The first-order valence-corrected chi connectivity index (χ1v) is 11.3. The van der Waals surface area contributed by atoms with Crippen LogP contribution in [0.4, 0.5) is 18.0 Å². The summed E-state index contributed by atoms with van der Waals surface area (Å²) in [4.78, 5) is 44.3. The minimum absolute atomic E-state index is 0.216. The van der Waals surface area contributed by atoms with Crippen molar-refractivity contribution in [2.24, 2.45) is 4.99 Å². The number of aliphatic imine (C=N–C) groups is 1. The van der Waals surface area contributed by atoms with Gasteiger partial charge in [-0.1, -0.05) is 12.2 Å². The van der Waals surface area contributed by atoms with Gasteiger partial charge in [-0.05, 0) is 31.7 Å². The average molecular weight is 486 g/mol. The first kappa shape index (κ1) is 21.8. The number of carbonyl (C=O) groups excluding carboxylic acids is 2. The summed E-state index contributed by atoms with van der Waals surface area (Å²) in [5.41, 5.74) is -1.49. The Labute approximate surface area is 197 Å². The number of halogens is 3. The Bertz CT molecular complexity index is 1310. The van der Waals surface area contributed by atoms with Crippen molar-refractivity contribution in [3.63, 3.8) is 0 Å². The highest BCUT2D eigenvalue weighted by Gasteiger charge is 2.63. The lowest BCUT2D eigenvalue weighted by atomic mass is 9.91. The van der Waals surface area contributed by atoms with Crippen molar-refractivity contribution in [3.05, 3.63) is 42.5 Å². The topological polar surface area (TPSA) is 104 Å². The molecule has 2 aliphatic heterocycles. The molecule has 35 heavy (non-hydrogen) atoms. The molecule has 2 aromatic rings. The molecule has 1 N–H and O–H groups in total. The molecule has 0 spiro atoms. The van der Waals surface area contributed by atoms with Crippen LogP contribution in [0.1, 0.15) is 32.1 Å². The number of aromatic amines is 1. The molecule has 2 aliphatic carbocycles. The van der Waals surface area contributed by atoms with E-state index in [2.05, 4.69) is 19.9 Å². The zero-order valence-corrected chi connectivity index (χ0v) is 18.5. The molecule has 3 fully saturated rings. The lowest BCUT2D eigenvalue weighted by Gasteiger charge is -2.35. The molecule has 9 nitrogen and oxygen atoms in total. The number of nitrogens with zero attached hydrogens (tertiary/aromatic N) is 5. The molecule has 2 saturated carbocycles. The lowest BCUT2D eigenvalue weighted by molar-refractivity contribution is -0.129. The number of ether oxygens (including phenoxy) is 1. The maximum atomic E-state index is 13.4. The molecule has 4 aliphatic rings. The Kier molecular flexibility index (Phi) is 4.61. The summed E-state index contributed by atoms with van der Waals surface area (Å²) < 4.78 is 45.5. The normalized spacial score (nSPS) is 30.5. The minimum Gasteiger partial charge on any atom is -0.470 e. The Hall–Kier alpha value is -3.70. The molecule has 1 saturated heterocycles. The summed E-state index contributed by atoms with van der Waals surface area (Å²) in [6.45, 7) is -0.216. The van der Waals surface area contributed by atoms with Crippen molar-refractivity contribution >= 4 is 29.2 Å². The number of nitrogens with one attached hydrogen (secondary N) is 1. The van der Waals surface area contributed by atoms with E-state index in [1.165, 1.54) is 28.4 Å². The van der Waals surface area contributed by atoms with E-state index in [0.29, 0.717) is 49.8 Å². The van der Waals surface area contributed by atoms with Crippen molar-refractivity contribution in [2.75, 3.05) is 6.54 Å². The molecule has 12 heteroatoms. The summed E-state index contributed by atoms with van der Waals surface area (Å²) in [6.07, 6.45) is 5.70. The van der Waals surface area contributed by atoms with Crippen LogP contribution in [0.2, 0.25) is 0 Å². The van der Waals surface area contributed by atoms with Crippen molar-refractivity contribution < 1.29 is 27.5 Å². The van der Waals surface area contributed by atoms with Crippen LogP contribution in [-0.4, -0.2) is 72.8 Å². The van der Waals surface area contributed by atoms with Crippen molar-refractivity contribution in [1.29, 1.82) is 0 Å². The number of alkyl halides is 3. The third kappa shape index (κ3) is 3.41. The molecule has 1 unspecified atom stereocenters. The largest absolute Gasteiger partial charge is 0.470 e. The van der Waals surface area contributed by atoms with Gasteiger partial charge in [0.15, 0.2) is 0 Å². The van der Waals surface area contributed by atoms with E-state index >= 15 is 0 Å². The van der Waals surface area contributed by atoms with Crippen LogP contribution >= 0.6 is 0 Å². The first-order chi connectivity index (χ1) is 16.7. The van der Waals surface area contributed by atoms with E-state index in [9.17, 15) is 22.8 Å². The van der Waals surface area contributed by atoms with Gasteiger partial charge in [0.1, 0.15) is 24.1 Å². The molecule has 0 aromatic carbocycles. The number of aromatic nitrogens is 3. The highest BCUT2D eigenvalue weighted by atomic mass is 19.4. The Morgan fingerprint density at radius 3 is 2.71 bits per heavy atom. The van der Waals surface area contributed by atoms with E-state index in [1.54, 1.807) is 6.20 Å². The molecule has 2 bridgehead atoms. The Balaban J connectivity index is 1.22. The summed E-state index contributed by atoms with van der Waals surface area (Å²) >= 11 is 0. The van der Waals surface area contributed by atoms with Crippen molar-refractivity contribution in [1.82, 2.24) is 24.8 Å². The zero-order valence-electron chi connectivity index (χ0n) is 18.5. The van der Waals surface area contributed by atoms with Crippen LogP contribution in [-0.2, 0) is 4.79 Å². The molecular weight excluding hydrogens is 465 g/mol. The third-order valence-electron chi connectivity index (χ3n) is 7.45. The molecule has 0 radical (unpaired) electrons. The maximum absolute atomic E-state index is 13.4. The smallest absolute Gasteiger partial charge is 0.417 e. The average Bonchev–Trinajstić information content (AvgIpc) is 3.53. The summed E-state index contributed by atoms with van der Waals surface area (Å²) in [5.74, 6) is 0.0974. The molecule has 182 valence electrons. The SMILES string of the molecule is O=C1CN(C2C=CC(C(F)(F)F)=CN=C2)C(=O)N1C12CCC(Oc3ncnc4[nH]ccc34)(CC1)C2. The summed E-state index contributed by atoms with van der Waals surface area (Å²) in [5, 5.41) is 0.761. The Morgan fingerprint density at radius 1 is 1.14 bits per heavy atom. The minimum atomic E-state index is -4.55. The van der Waals surface area contributed by atoms with Crippen LogP contribution in [0.3, 0.4) is 0 Å². The number of fused-ring (bicyclic) bond motifs is 3. The predicted molar refractivity (Wildman–Crippen MR) is 118 cm³/mol. The van der Waals surface area contributed by atoms with E-state index < -0.39 is 35.0 Å². The second-order valence-corrected chi connectivity index (χ2v) is 9.47. The first-order valence-electron chi connectivity index (χ1n) is 11.3. The maximum Gasteiger partial charge on any atom is 0.417 e. The van der Waals surface area contributed by atoms with E-state index in [1.807, 2.05) is 6.07 Å². The van der Waals surface area contributed by atoms with Gasteiger partial charge in [-0.3, -0.25) is 14.7 Å². The highest BCUT2D eigenvalue weighted by molar-refractivity contribution is 6.04. The number of carbonyl (C=O) groups is 2. The standard InChI is InChI=1S/C23H21F3N6O3/c24-23(25,26)14-1-2-15(10-27-9-14)31-11-17(33)32(20(31)34)21-4-6-22(12-21,7-5-21)35-19-16-3-8-28-18(16)29-13-30-19/h1-3,8-10,13,15H,4-7,11-12H2,(H,28,29,30). The van der Waals surface area contributed by atoms with Crippen LogP contribution in [0.25, 0.3) is 11.0 Å². The number of rotatable bonds is 4. The molecule has 2 aromatic heterocycles. The van der Waals surface area contributed by atoms with Gasteiger partial charge in [-0.25, -0.2) is 14.8 Å². The van der Waals surface area contributed by atoms with Crippen LogP contribution < -0.4 is 4.74 Å². The zero-order chi connectivity index (χ0) is 24.4. The number of hydrogen-bond donors (Lipinski definition) is 1. The quantitative estimate of drug-likeness (QED) is 0.667. The molecular formula is C23H21F3N6O3. The number of imide groups is 1. The van der Waals surface area contributed by atoms with Crippen molar-refractivity contribution in [3.8, 4) is 5.88 Å². The second-order valence-electron chi connectivity index (χ2n) is 9.47. The third-order valence-corrected chi connectivity index (χ3v) is 7.45. The fourth-order valence-corrected chi connectivity index (χ4v) is 5.78. The van der Waals surface area contributed by atoms with E-state index in [4.69, 9.17) is 4.74 Å². The molecule has 3 amide bonds. The number of hydrogen-bond acceptors (Lipinski definition) is 6. The lowest BCUT2D eigenvalue weighted by Crippen LogP contribution is -2.50. The number of H-pyrrole nitrogens is 1. The van der Waals surface area contributed by atoms with Gasteiger partial charge in [0, 0.05) is 25.0 Å². The van der Waals surface area contributed by atoms with Crippen LogP contribution in [0.5, 0.6) is 5.88 Å². The molecule has 6 rings (SSSR count). The highest BCUT2D eigenvalue weighted by Crippen LogP contribution is 2.56. The van der Waals surface area contributed by atoms with Crippen LogP contribution in [0, 0.1) is 0 Å². The fraction of sp³-hybridized carbons (Fsp3) is 0.435. The van der Waals surface area contributed by atoms with Gasteiger partial charge < -0.3 is 14.6 Å². The van der Waals surface area contributed by atoms with Gasteiger partial charge in [-0.15, -0.1) is 0 Å². The number of urea groups is 1. The van der Waals surface area contributed by atoms with Gasteiger partial charge in [0.2, 0.25) is 5.88 Å². The number of allylic oxidation sites excluding steroid dienone is 2. The summed E-state index contributed by atoms with van der Waals surface area (Å²) in [6, 6.07) is 0.472. The van der Waals surface area contributed by atoms with Crippen molar-refractivity contribution in [2.45, 2.75) is 55.5 Å². The van der Waals surface area contributed by atoms with Crippen LogP contribution in [0.15, 0.2) is 47.5 Å². The van der Waals surface area contributed by atoms with Gasteiger partial charge in [0.25, 0.3) is 5.91 Å². The molecule has 4 heterocycles. The fourth-order valence-electron chi connectivity index (χ4n) is 5.78. The molecule has 1 atom stereocenters. The van der Waals surface area contributed by atoms with Gasteiger partial charge in [0.05, 0.1) is 22.5 Å². The number of amides is 3. The predicted octanol–water partition coefficient (Wildman–Crippen LogP) is 3.51. The van der Waals surface area contributed by atoms with E-state index in [-0.39, 0.29) is 12.5 Å². The van der Waals surface area contributed by atoms with E-state index in [0.717, 1.165) is 11.5 Å². The van der Waals surface area contributed by atoms with Gasteiger partial charge >= 0.3 is 12.2 Å².